The number of nitrogens with one attached hydrogen (secondary N) is 1. The van der Waals surface area contributed by atoms with Crippen LogP contribution in [0.25, 0.3) is 33.5 Å². The zero-order valence-electron chi connectivity index (χ0n) is 13.3. The predicted octanol–water partition coefficient (Wildman–Crippen LogP) is 4.13. The second-order valence-electron chi connectivity index (χ2n) is 5.85. The van der Waals surface area contributed by atoms with Gasteiger partial charge in [-0.15, -0.1) is 0 Å². The molecule has 0 bridgehead atoms. The monoisotopic (exact) mass is 308 g/mol. The number of benzene rings is 2. The lowest BCUT2D eigenvalue weighted by atomic mass is 10.1. The highest BCUT2D eigenvalue weighted by Crippen LogP contribution is 2.28. The summed E-state index contributed by atoms with van der Waals surface area (Å²) < 4.78 is 15.4. The van der Waals surface area contributed by atoms with Crippen LogP contribution in [0.15, 0.2) is 30.3 Å². The first-order valence-corrected chi connectivity index (χ1v) is 7.68. The van der Waals surface area contributed by atoms with Crippen LogP contribution < -0.4 is 0 Å². The number of hydrogen-bond acceptors (Lipinski definition) is 2. The molecule has 2 aromatic heterocycles. The molecule has 0 spiro atoms. The second-order valence-corrected chi connectivity index (χ2v) is 5.85. The minimum absolute atomic E-state index is 0.269. The summed E-state index contributed by atoms with van der Waals surface area (Å²) in [7, 11) is 1.95. The summed E-state index contributed by atoms with van der Waals surface area (Å²) in [6.45, 7) is 4.13. The first-order chi connectivity index (χ1) is 11.1. The average Bonchev–Trinajstić information content (AvgIpc) is 3.08. The van der Waals surface area contributed by atoms with E-state index in [0.717, 1.165) is 45.7 Å². The molecule has 4 rings (SSSR count). The number of nitrogens with zero attached hydrogens (tertiary/aromatic N) is 3. The minimum atomic E-state index is -0.269. The normalized spacial score (nSPS) is 11.7. The van der Waals surface area contributed by atoms with Gasteiger partial charge in [0.1, 0.15) is 17.5 Å². The van der Waals surface area contributed by atoms with Crippen LogP contribution in [0.5, 0.6) is 0 Å². The number of aromatic amines is 1. The molecule has 0 amide bonds. The largest absolute Gasteiger partial charge is 0.342 e. The predicted molar refractivity (Wildman–Crippen MR) is 89.9 cm³/mol. The summed E-state index contributed by atoms with van der Waals surface area (Å²) in [6, 6.07) is 8.84. The number of halogens is 1. The molecule has 0 radical (unpaired) electrons. The van der Waals surface area contributed by atoms with Gasteiger partial charge < -0.3 is 9.55 Å². The van der Waals surface area contributed by atoms with E-state index in [-0.39, 0.29) is 5.82 Å². The van der Waals surface area contributed by atoms with E-state index in [2.05, 4.69) is 40.9 Å². The number of imidazole rings is 2. The van der Waals surface area contributed by atoms with Crippen molar-refractivity contribution in [2.75, 3.05) is 0 Å². The summed E-state index contributed by atoms with van der Waals surface area (Å²) >= 11 is 0. The molecule has 0 saturated heterocycles. The quantitative estimate of drug-likeness (QED) is 0.605. The fourth-order valence-electron chi connectivity index (χ4n) is 3.07. The lowest BCUT2D eigenvalue weighted by Gasteiger charge is -2.04. The molecule has 23 heavy (non-hydrogen) atoms. The summed E-state index contributed by atoms with van der Waals surface area (Å²) in [6.07, 6.45) is 0.870. The molecule has 0 aliphatic carbocycles. The maximum absolute atomic E-state index is 13.4. The van der Waals surface area contributed by atoms with E-state index >= 15 is 0 Å². The molecule has 4 aromatic rings. The van der Waals surface area contributed by atoms with Crippen molar-refractivity contribution in [3.63, 3.8) is 0 Å². The standard InChI is InChI=1S/C18H17FN4/c1-4-16-20-14-8-11(7-10(2)17(14)22-16)18-21-13-9-12(19)5-6-15(13)23(18)3/h5-9H,4H2,1-3H3,(H,20,22). The molecule has 2 aromatic carbocycles. The van der Waals surface area contributed by atoms with E-state index in [1.54, 1.807) is 6.07 Å². The van der Waals surface area contributed by atoms with E-state index in [0.29, 0.717) is 5.52 Å². The molecule has 0 atom stereocenters. The van der Waals surface area contributed by atoms with Crippen molar-refractivity contribution in [3.05, 3.63) is 47.5 Å². The van der Waals surface area contributed by atoms with Crippen molar-refractivity contribution in [2.24, 2.45) is 7.05 Å². The Morgan fingerprint density at radius 3 is 2.78 bits per heavy atom. The van der Waals surface area contributed by atoms with Crippen LogP contribution in [-0.4, -0.2) is 19.5 Å². The van der Waals surface area contributed by atoms with Crippen LogP contribution in [0.1, 0.15) is 18.3 Å². The Labute approximate surface area is 133 Å². The molecule has 0 aliphatic heterocycles. The molecule has 0 unspecified atom stereocenters. The van der Waals surface area contributed by atoms with Gasteiger partial charge in [-0.2, -0.15) is 0 Å². The van der Waals surface area contributed by atoms with Crippen molar-refractivity contribution < 1.29 is 4.39 Å². The summed E-state index contributed by atoms with van der Waals surface area (Å²) in [5, 5.41) is 0. The lowest BCUT2D eigenvalue weighted by molar-refractivity contribution is 0.629. The van der Waals surface area contributed by atoms with Gasteiger partial charge in [0, 0.05) is 25.1 Å². The highest BCUT2D eigenvalue weighted by atomic mass is 19.1. The Hall–Kier alpha value is -2.69. The van der Waals surface area contributed by atoms with Gasteiger partial charge in [-0.1, -0.05) is 6.92 Å². The van der Waals surface area contributed by atoms with E-state index in [1.165, 1.54) is 12.1 Å². The number of H-pyrrole nitrogens is 1. The maximum Gasteiger partial charge on any atom is 0.140 e. The van der Waals surface area contributed by atoms with E-state index < -0.39 is 0 Å². The van der Waals surface area contributed by atoms with E-state index in [9.17, 15) is 4.39 Å². The lowest BCUT2D eigenvalue weighted by Crippen LogP contribution is -1.93. The van der Waals surface area contributed by atoms with Crippen molar-refractivity contribution in [1.29, 1.82) is 0 Å². The second kappa shape index (κ2) is 4.91. The summed E-state index contributed by atoms with van der Waals surface area (Å²) in [5.74, 6) is 1.53. The van der Waals surface area contributed by atoms with Crippen LogP contribution in [0.3, 0.4) is 0 Å². The molecule has 0 saturated carbocycles. The highest BCUT2D eigenvalue weighted by molar-refractivity contribution is 5.86. The molecular formula is C18H17FN4. The molecule has 5 heteroatoms. The van der Waals surface area contributed by atoms with Crippen LogP contribution in [-0.2, 0) is 13.5 Å². The Morgan fingerprint density at radius 1 is 1.17 bits per heavy atom. The number of fused-ring (bicyclic) bond motifs is 2. The zero-order valence-corrected chi connectivity index (χ0v) is 13.3. The van der Waals surface area contributed by atoms with Crippen molar-refractivity contribution in [1.82, 2.24) is 19.5 Å². The first kappa shape index (κ1) is 13.9. The van der Waals surface area contributed by atoms with Gasteiger partial charge in [-0.05, 0) is 36.8 Å². The van der Waals surface area contributed by atoms with Crippen LogP contribution in [0.2, 0.25) is 0 Å². The molecule has 116 valence electrons. The third-order valence-electron chi connectivity index (χ3n) is 4.26. The Morgan fingerprint density at radius 2 is 2.00 bits per heavy atom. The minimum Gasteiger partial charge on any atom is -0.342 e. The van der Waals surface area contributed by atoms with Gasteiger partial charge in [0.25, 0.3) is 0 Å². The molecule has 0 fully saturated rings. The van der Waals surface area contributed by atoms with Gasteiger partial charge in [0.05, 0.1) is 22.1 Å². The Kier molecular flexibility index (Phi) is 2.98. The van der Waals surface area contributed by atoms with Gasteiger partial charge in [0.2, 0.25) is 0 Å². The molecule has 0 aliphatic rings. The smallest absolute Gasteiger partial charge is 0.140 e. The maximum atomic E-state index is 13.4. The van der Waals surface area contributed by atoms with Gasteiger partial charge >= 0.3 is 0 Å². The first-order valence-electron chi connectivity index (χ1n) is 7.68. The number of rotatable bonds is 2. The Bertz CT molecular complexity index is 1040. The molecular weight excluding hydrogens is 291 g/mol. The fraction of sp³-hybridized carbons (Fsp3) is 0.222. The molecule has 2 heterocycles. The van der Waals surface area contributed by atoms with E-state index in [4.69, 9.17) is 0 Å². The van der Waals surface area contributed by atoms with E-state index in [1.807, 2.05) is 11.6 Å². The molecule has 4 nitrogen and oxygen atoms in total. The van der Waals surface area contributed by atoms with Gasteiger partial charge in [-0.3, -0.25) is 0 Å². The topological polar surface area (TPSA) is 46.5 Å². The van der Waals surface area contributed by atoms with Gasteiger partial charge in [0.15, 0.2) is 0 Å². The zero-order chi connectivity index (χ0) is 16.1. The fourth-order valence-corrected chi connectivity index (χ4v) is 3.07. The number of hydrogen-bond donors (Lipinski definition) is 1. The van der Waals surface area contributed by atoms with Crippen molar-refractivity contribution in [3.8, 4) is 11.4 Å². The Balaban J connectivity index is 1.96. The van der Waals surface area contributed by atoms with Gasteiger partial charge in [-0.25, -0.2) is 14.4 Å². The van der Waals surface area contributed by atoms with Crippen LogP contribution in [0.4, 0.5) is 4.39 Å². The highest BCUT2D eigenvalue weighted by Gasteiger charge is 2.13. The number of aryl methyl sites for hydroxylation is 3. The van der Waals surface area contributed by atoms with Crippen molar-refractivity contribution >= 4 is 22.1 Å². The van der Waals surface area contributed by atoms with Crippen molar-refractivity contribution in [2.45, 2.75) is 20.3 Å². The van der Waals surface area contributed by atoms with Crippen LogP contribution >= 0.6 is 0 Å². The SMILES string of the molecule is CCc1nc2c(C)cc(-c3nc4cc(F)ccc4n3C)cc2[nH]1. The summed E-state index contributed by atoms with van der Waals surface area (Å²) in [5.41, 5.74) is 5.69. The third-order valence-corrected chi connectivity index (χ3v) is 4.26. The van der Waals surface area contributed by atoms with Crippen LogP contribution in [0, 0.1) is 12.7 Å². The summed E-state index contributed by atoms with van der Waals surface area (Å²) in [4.78, 5) is 12.6. The average molecular weight is 308 g/mol. The number of aromatic nitrogens is 4. The molecule has 1 N–H and O–H groups in total. The third kappa shape index (κ3) is 2.11.